The van der Waals surface area contributed by atoms with Crippen molar-refractivity contribution in [3.63, 3.8) is 0 Å². The monoisotopic (exact) mass is 447 g/mol. The zero-order valence-corrected chi connectivity index (χ0v) is 18.9. The fraction of sp³-hybridized carbons (Fsp3) is 0.381. The van der Waals surface area contributed by atoms with Gasteiger partial charge in [-0.15, -0.1) is 0 Å². The van der Waals surface area contributed by atoms with Crippen molar-refractivity contribution < 1.29 is 16.8 Å². The Morgan fingerprint density at radius 1 is 0.967 bits per heavy atom. The minimum atomic E-state index is -4.04. The summed E-state index contributed by atoms with van der Waals surface area (Å²) in [6, 6.07) is 12.3. The summed E-state index contributed by atoms with van der Waals surface area (Å²) in [4.78, 5) is 0.0586. The smallest absolute Gasteiger partial charge is 0.207 e. The van der Waals surface area contributed by atoms with Crippen LogP contribution < -0.4 is 0 Å². The van der Waals surface area contributed by atoms with E-state index in [0.717, 1.165) is 27.7 Å². The maximum Gasteiger partial charge on any atom is 0.283 e. The summed E-state index contributed by atoms with van der Waals surface area (Å²) in [7, 11) is -7.87. The number of benzene rings is 2. The summed E-state index contributed by atoms with van der Waals surface area (Å²) in [6.07, 6.45) is 1.78. The topological polar surface area (TPSA) is 89.3 Å². The van der Waals surface area contributed by atoms with E-state index < -0.39 is 20.0 Å². The lowest BCUT2D eigenvalue weighted by Gasteiger charge is -2.30. The number of fused-ring (bicyclic) bond motifs is 1. The minimum Gasteiger partial charge on any atom is -0.207 e. The SMILES string of the molecule is Cc1nn(S(=O)(=O)c2ccc3ccccc3c2)c(C)c1S(=O)(=O)N1CCC[C@H](C)C1. The van der Waals surface area contributed by atoms with Crippen LogP contribution in [-0.4, -0.2) is 43.4 Å². The van der Waals surface area contributed by atoms with Crippen LogP contribution in [0, 0.1) is 19.8 Å². The van der Waals surface area contributed by atoms with Crippen LogP contribution in [-0.2, 0) is 20.0 Å². The Morgan fingerprint density at radius 3 is 2.37 bits per heavy atom. The van der Waals surface area contributed by atoms with Gasteiger partial charge in [0.05, 0.1) is 16.3 Å². The molecule has 0 aliphatic carbocycles. The summed E-state index contributed by atoms with van der Waals surface area (Å²) in [5.41, 5.74) is 0.300. The van der Waals surface area contributed by atoms with Gasteiger partial charge in [-0.1, -0.05) is 37.3 Å². The van der Waals surface area contributed by atoms with Gasteiger partial charge in [0, 0.05) is 13.1 Å². The molecule has 0 bridgehead atoms. The quantitative estimate of drug-likeness (QED) is 0.612. The molecule has 3 aromatic rings. The second kappa shape index (κ2) is 7.47. The van der Waals surface area contributed by atoms with Gasteiger partial charge in [-0.25, -0.2) is 8.42 Å². The third-order valence-electron chi connectivity index (χ3n) is 5.65. The van der Waals surface area contributed by atoms with Crippen LogP contribution in [0.1, 0.15) is 31.2 Å². The molecule has 1 aromatic heterocycles. The summed E-state index contributed by atoms with van der Waals surface area (Å²) in [5.74, 6) is 0.269. The Balaban J connectivity index is 1.80. The van der Waals surface area contributed by atoms with E-state index in [1.807, 2.05) is 31.2 Å². The van der Waals surface area contributed by atoms with E-state index in [1.165, 1.54) is 17.3 Å². The molecule has 1 saturated heterocycles. The largest absolute Gasteiger partial charge is 0.283 e. The number of aryl methyl sites for hydroxylation is 1. The van der Waals surface area contributed by atoms with Gasteiger partial charge in [-0.3, -0.25) is 0 Å². The highest BCUT2D eigenvalue weighted by Crippen LogP contribution is 2.30. The van der Waals surface area contributed by atoms with Crippen molar-refractivity contribution in [2.75, 3.05) is 13.1 Å². The average molecular weight is 448 g/mol. The van der Waals surface area contributed by atoms with Crippen molar-refractivity contribution in [1.82, 2.24) is 13.5 Å². The number of rotatable bonds is 4. The van der Waals surface area contributed by atoms with E-state index in [0.29, 0.717) is 13.1 Å². The van der Waals surface area contributed by atoms with E-state index in [4.69, 9.17) is 0 Å². The van der Waals surface area contributed by atoms with E-state index in [2.05, 4.69) is 5.10 Å². The first kappa shape index (κ1) is 21.0. The highest BCUT2D eigenvalue weighted by molar-refractivity contribution is 7.90. The Hall–Kier alpha value is -2.23. The molecule has 0 saturated carbocycles. The van der Waals surface area contributed by atoms with Crippen molar-refractivity contribution in [3.8, 4) is 0 Å². The maximum atomic E-state index is 13.3. The van der Waals surface area contributed by atoms with Gasteiger partial charge < -0.3 is 0 Å². The van der Waals surface area contributed by atoms with Crippen LogP contribution >= 0.6 is 0 Å². The normalized spacial score (nSPS) is 18.7. The van der Waals surface area contributed by atoms with Crippen LogP contribution in [0.3, 0.4) is 0 Å². The van der Waals surface area contributed by atoms with E-state index >= 15 is 0 Å². The molecule has 1 aliphatic heterocycles. The lowest BCUT2D eigenvalue weighted by atomic mass is 10.0. The number of piperidine rings is 1. The van der Waals surface area contributed by atoms with Crippen molar-refractivity contribution in [2.45, 2.75) is 43.4 Å². The molecule has 0 amide bonds. The fourth-order valence-corrected chi connectivity index (χ4v) is 7.54. The summed E-state index contributed by atoms with van der Waals surface area (Å²) < 4.78 is 55.5. The maximum absolute atomic E-state index is 13.3. The van der Waals surface area contributed by atoms with Gasteiger partial charge in [0.2, 0.25) is 10.0 Å². The molecule has 4 rings (SSSR count). The molecule has 2 heterocycles. The summed E-state index contributed by atoms with van der Waals surface area (Å²) >= 11 is 0. The molecule has 0 radical (unpaired) electrons. The van der Waals surface area contributed by atoms with E-state index in [-0.39, 0.29) is 27.1 Å². The molecule has 0 unspecified atom stereocenters. The van der Waals surface area contributed by atoms with Crippen LogP contribution in [0.25, 0.3) is 10.8 Å². The zero-order valence-electron chi connectivity index (χ0n) is 17.2. The standard InChI is InChI=1S/C21H25N3O4S2/c1-15-7-6-12-23(14-15)30(27,28)21-16(2)22-24(17(21)3)29(25,26)20-11-10-18-8-4-5-9-19(18)13-20/h4-5,8-11,13,15H,6-7,12,14H2,1-3H3/t15-/m0/s1. The average Bonchev–Trinajstić information content (AvgIpc) is 3.03. The predicted octanol–water partition coefficient (Wildman–Crippen LogP) is 3.31. The Morgan fingerprint density at radius 2 is 1.67 bits per heavy atom. The summed E-state index contributed by atoms with van der Waals surface area (Å²) in [6.45, 7) is 5.94. The van der Waals surface area contributed by atoms with Gasteiger partial charge in [0.1, 0.15) is 4.90 Å². The Kier molecular flexibility index (Phi) is 5.24. The van der Waals surface area contributed by atoms with Crippen molar-refractivity contribution in [2.24, 2.45) is 5.92 Å². The Labute approximate surface area is 177 Å². The van der Waals surface area contributed by atoms with Crippen LogP contribution in [0.4, 0.5) is 0 Å². The number of hydrogen-bond donors (Lipinski definition) is 0. The van der Waals surface area contributed by atoms with Gasteiger partial charge in [-0.2, -0.15) is 21.9 Å². The Bertz CT molecular complexity index is 1330. The lowest BCUT2D eigenvalue weighted by molar-refractivity contribution is 0.281. The van der Waals surface area contributed by atoms with Crippen LogP contribution in [0.15, 0.2) is 52.3 Å². The molecule has 9 heteroatoms. The van der Waals surface area contributed by atoms with E-state index in [9.17, 15) is 16.8 Å². The number of nitrogens with zero attached hydrogens (tertiary/aromatic N) is 3. The first-order chi connectivity index (χ1) is 14.1. The molecule has 1 aliphatic rings. The van der Waals surface area contributed by atoms with Crippen molar-refractivity contribution >= 4 is 30.8 Å². The molecular weight excluding hydrogens is 422 g/mol. The molecule has 0 N–H and O–H groups in total. The lowest BCUT2D eigenvalue weighted by Crippen LogP contribution is -2.39. The number of sulfonamides is 1. The molecule has 1 fully saturated rings. The third kappa shape index (κ3) is 3.44. The zero-order chi connectivity index (χ0) is 21.7. The highest BCUT2D eigenvalue weighted by Gasteiger charge is 2.35. The van der Waals surface area contributed by atoms with Gasteiger partial charge in [0.15, 0.2) is 0 Å². The third-order valence-corrected chi connectivity index (χ3v) is 9.43. The molecular formula is C21H25N3O4S2. The number of hydrogen-bond acceptors (Lipinski definition) is 5. The molecule has 2 aromatic carbocycles. The minimum absolute atomic E-state index is 0.0130. The van der Waals surface area contributed by atoms with Gasteiger partial charge in [-0.05, 0) is 55.5 Å². The van der Waals surface area contributed by atoms with Crippen LogP contribution in [0.2, 0.25) is 0 Å². The summed E-state index contributed by atoms with van der Waals surface area (Å²) in [5, 5.41) is 5.85. The second-order valence-corrected chi connectivity index (χ2v) is 11.6. The van der Waals surface area contributed by atoms with Crippen LogP contribution in [0.5, 0.6) is 0 Å². The molecule has 30 heavy (non-hydrogen) atoms. The molecule has 1 atom stereocenters. The molecule has 0 spiro atoms. The predicted molar refractivity (Wildman–Crippen MR) is 115 cm³/mol. The number of aromatic nitrogens is 2. The molecule has 7 nitrogen and oxygen atoms in total. The van der Waals surface area contributed by atoms with Crippen molar-refractivity contribution in [3.05, 3.63) is 53.9 Å². The van der Waals surface area contributed by atoms with Gasteiger partial charge in [0.25, 0.3) is 10.0 Å². The fourth-order valence-electron chi connectivity index (χ4n) is 4.13. The highest BCUT2D eigenvalue weighted by atomic mass is 32.2. The van der Waals surface area contributed by atoms with E-state index in [1.54, 1.807) is 19.1 Å². The van der Waals surface area contributed by atoms with Crippen molar-refractivity contribution in [1.29, 1.82) is 0 Å². The molecule has 160 valence electrons. The van der Waals surface area contributed by atoms with Gasteiger partial charge >= 0.3 is 0 Å². The first-order valence-corrected chi connectivity index (χ1v) is 12.8. The second-order valence-electron chi connectivity index (χ2n) is 7.97. The first-order valence-electron chi connectivity index (χ1n) is 9.93.